The minimum Gasteiger partial charge on any atom is -0.484 e. The van der Waals surface area contributed by atoms with Crippen molar-refractivity contribution >= 4 is 33.4 Å². The lowest BCUT2D eigenvalue weighted by Gasteiger charge is -2.16. The lowest BCUT2D eigenvalue weighted by Crippen LogP contribution is -2.31. The maximum Gasteiger partial charge on any atom is 0.258 e. The van der Waals surface area contributed by atoms with Crippen molar-refractivity contribution in [3.63, 3.8) is 0 Å². The Morgan fingerprint density at radius 2 is 1.90 bits per heavy atom. The molecule has 0 saturated carbocycles. The van der Waals surface area contributed by atoms with Gasteiger partial charge < -0.3 is 10.1 Å². The summed E-state index contributed by atoms with van der Waals surface area (Å²) in [5.41, 5.74) is 0.885. The molecular weight excluding hydrogens is 354 g/mol. The molecule has 110 valence electrons. The van der Waals surface area contributed by atoms with Crippen LogP contribution in [-0.4, -0.2) is 12.5 Å². The first-order valence-electron chi connectivity index (χ1n) is 6.48. The number of hydrogen-bond donors (Lipinski definition) is 1. The first-order valence-corrected chi connectivity index (χ1v) is 7.65. The highest BCUT2D eigenvalue weighted by molar-refractivity contribution is 9.10. The van der Waals surface area contributed by atoms with Gasteiger partial charge in [0.25, 0.3) is 5.91 Å². The molecule has 1 unspecified atom stereocenters. The molecule has 21 heavy (non-hydrogen) atoms. The molecule has 0 aliphatic rings. The molecule has 1 atom stereocenters. The first-order chi connectivity index (χ1) is 10.1. The number of carbonyl (C=O) groups is 1. The summed E-state index contributed by atoms with van der Waals surface area (Å²) in [6.07, 6.45) is 0. The van der Waals surface area contributed by atoms with E-state index in [4.69, 9.17) is 16.3 Å². The summed E-state index contributed by atoms with van der Waals surface area (Å²) in [7, 11) is 0. The van der Waals surface area contributed by atoms with Crippen molar-refractivity contribution in [3.05, 3.63) is 63.6 Å². The smallest absolute Gasteiger partial charge is 0.258 e. The van der Waals surface area contributed by atoms with Gasteiger partial charge in [-0.15, -0.1) is 0 Å². The van der Waals surface area contributed by atoms with Crippen LogP contribution >= 0.6 is 27.5 Å². The zero-order valence-corrected chi connectivity index (χ0v) is 13.8. The quantitative estimate of drug-likeness (QED) is 0.851. The van der Waals surface area contributed by atoms with Gasteiger partial charge in [-0.1, -0.05) is 45.7 Å². The average molecular weight is 369 g/mol. The molecule has 3 nitrogen and oxygen atoms in total. The lowest BCUT2D eigenvalue weighted by atomic mass is 10.1. The molecule has 0 spiro atoms. The van der Waals surface area contributed by atoms with E-state index >= 15 is 0 Å². The Bertz CT molecular complexity index is 616. The minimum atomic E-state index is -0.190. The number of nitrogens with one attached hydrogen (secondary N) is 1. The Hall–Kier alpha value is -1.52. The molecule has 0 radical (unpaired) electrons. The van der Waals surface area contributed by atoms with Gasteiger partial charge in [0.05, 0.1) is 6.04 Å². The van der Waals surface area contributed by atoms with Crippen molar-refractivity contribution in [1.29, 1.82) is 0 Å². The maximum absolute atomic E-state index is 11.9. The molecule has 2 rings (SSSR count). The minimum absolute atomic E-state index is 0.0313. The number of carbonyl (C=O) groups excluding carboxylic acids is 1. The Morgan fingerprint density at radius 1 is 1.24 bits per heavy atom. The summed E-state index contributed by atoms with van der Waals surface area (Å²) in [5, 5.41) is 3.50. The lowest BCUT2D eigenvalue weighted by molar-refractivity contribution is -0.123. The van der Waals surface area contributed by atoms with E-state index in [0.717, 1.165) is 10.0 Å². The van der Waals surface area contributed by atoms with Crippen molar-refractivity contribution in [2.45, 2.75) is 13.0 Å². The summed E-state index contributed by atoms with van der Waals surface area (Å²) in [5.74, 6) is 0.462. The number of hydrogen-bond acceptors (Lipinski definition) is 2. The third-order valence-electron chi connectivity index (χ3n) is 2.93. The highest BCUT2D eigenvalue weighted by Crippen LogP contribution is 2.22. The van der Waals surface area contributed by atoms with Gasteiger partial charge in [0.1, 0.15) is 5.75 Å². The van der Waals surface area contributed by atoms with Gasteiger partial charge in [0, 0.05) is 9.50 Å². The van der Waals surface area contributed by atoms with Gasteiger partial charge in [0.2, 0.25) is 0 Å². The molecule has 0 saturated heterocycles. The summed E-state index contributed by atoms with van der Waals surface area (Å²) in [6, 6.07) is 14.6. The SMILES string of the molecule is CC(NC(=O)COc1ccc(Br)cc1)c1ccccc1Cl. The van der Waals surface area contributed by atoms with Crippen LogP contribution in [0.4, 0.5) is 0 Å². The molecule has 1 amide bonds. The third-order valence-corrected chi connectivity index (χ3v) is 3.81. The monoisotopic (exact) mass is 367 g/mol. The summed E-state index contributed by atoms with van der Waals surface area (Å²) < 4.78 is 6.39. The Labute approximate surface area is 137 Å². The summed E-state index contributed by atoms with van der Waals surface area (Å²) >= 11 is 9.45. The highest BCUT2D eigenvalue weighted by atomic mass is 79.9. The van der Waals surface area contributed by atoms with Crippen molar-refractivity contribution < 1.29 is 9.53 Å². The van der Waals surface area contributed by atoms with E-state index in [1.807, 2.05) is 37.3 Å². The molecule has 2 aromatic rings. The second-order valence-electron chi connectivity index (χ2n) is 4.55. The Kier molecular flexibility index (Phi) is 5.65. The number of ether oxygens (including phenoxy) is 1. The number of halogens is 2. The summed E-state index contributed by atoms with van der Waals surface area (Å²) in [6.45, 7) is 1.86. The van der Waals surface area contributed by atoms with E-state index in [1.165, 1.54) is 0 Å². The Balaban J connectivity index is 1.87. The number of benzene rings is 2. The van der Waals surface area contributed by atoms with Crippen molar-refractivity contribution in [3.8, 4) is 5.75 Å². The van der Waals surface area contributed by atoms with Crippen LogP contribution in [-0.2, 0) is 4.79 Å². The predicted octanol–water partition coefficient (Wildman–Crippen LogP) is 4.36. The van der Waals surface area contributed by atoms with Gasteiger partial charge in [-0.3, -0.25) is 4.79 Å². The van der Waals surface area contributed by atoms with Crippen LogP contribution in [0.1, 0.15) is 18.5 Å². The highest BCUT2D eigenvalue weighted by Gasteiger charge is 2.12. The van der Waals surface area contributed by atoms with E-state index in [-0.39, 0.29) is 18.6 Å². The van der Waals surface area contributed by atoms with Crippen molar-refractivity contribution in [2.24, 2.45) is 0 Å². The zero-order valence-electron chi connectivity index (χ0n) is 11.5. The van der Waals surface area contributed by atoms with Crippen LogP contribution in [0.2, 0.25) is 5.02 Å². The standard InChI is InChI=1S/C16H15BrClNO2/c1-11(14-4-2-3-5-15(14)18)19-16(20)10-21-13-8-6-12(17)7-9-13/h2-9,11H,10H2,1H3,(H,19,20). The van der Waals surface area contributed by atoms with Gasteiger partial charge in [-0.25, -0.2) is 0 Å². The third kappa shape index (κ3) is 4.76. The fourth-order valence-electron chi connectivity index (χ4n) is 1.87. The molecule has 0 bridgehead atoms. The molecule has 0 aliphatic carbocycles. The molecule has 0 aromatic heterocycles. The molecule has 0 heterocycles. The molecule has 0 aliphatic heterocycles. The van der Waals surface area contributed by atoms with E-state index in [0.29, 0.717) is 10.8 Å². The fraction of sp³-hybridized carbons (Fsp3) is 0.188. The topological polar surface area (TPSA) is 38.3 Å². The summed E-state index contributed by atoms with van der Waals surface area (Å²) in [4.78, 5) is 11.9. The second-order valence-corrected chi connectivity index (χ2v) is 5.88. The normalized spacial score (nSPS) is 11.8. The fourth-order valence-corrected chi connectivity index (χ4v) is 2.43. The zero-order chi connectivity index (χ0) is 15.2. The van der Waals surface area contributed by atoms with E-state index in [9.17, 15) is 4.79 Å². The second kappa shape index (κ2) is 7.48. The van der Waals surface area contributed by atoms with E-state index < -0.39 is 0 Å². The van der Waals surface area contributed by atoms with Crippen LogP contribution in [0.25, 0.3) is 0 Å². The van der Waals surface area contributed by atoms with Gasteiger partial charge in [-0.05, 0) is 42.8 Å². The maximum atomic E-state index is 11.9. The first kappa shape index (κ1) is 15.9. The molecule has 5 heteroatoms. The Morgan fingerprint density at radius 3 is 2.57 bits per heavy atom. The van der Waals surface area contributed by atoms with Gasteiger partial charge >= 0.3 is 0 Å². The molecule has 1 N–H and O–H groups in total. The number of amides is 1. The van der Waals surface area contributed by atoms with Gasteiger partial charge in [0.15, 0.2) is 6.61 Å². The van der Waals surface area contributed by atoms with Crippen LogP contribution in [0.15, 0.2) is 53.0 Å². The van der Waals surface area contributed by atoms with E-state index in [1.54, 1.807) is 18.2 Å². The van der Waals surface area contributed by atoms with Crippen molar-refractivity contribution in [2.75, 3.05) is 6.61 Å². The van der Waals surface area contributed by atoms with Crippen LogP contribution in [0, 0.1) is 0 Å². The molecule has 2 aromatic carbocycles. The molecule has 0 fully saturated rings. The molecular formula is C16H15BrClNO2. The number of rotatable bonds is 5. The van der Waals surface area contributed by atoms with Crippen LogP contribution < -0.4 is 10.1 Å². The van der Waals surface area contributed by atoms with Crippen LogP contribution in [0.5, 0.6) is 5.75 Å². The average Bonchev–Trinajstić information content (AvgIpc) is 2.47. The van der Waals surface area contributed by atoms with Crippen molar-refractivity contribution in [1.82, 2.24) is 5.32 Å². The predicted molar refractivity (Wildman–Crippen MR) is 87.6 cm³/mol. The van der Waals surface area contributed by atoms with Gasteiger partial charge in [-0.2, -0.15) is 0 Å². The van der Waals surface area contributed by atoms with E-state index in [2.05, 4.69) is 21.2 Å². The van der Waals surface area contributed by atoms with Crippen LogP contribution in [0.3, 0.4) is 0 Å². The largest absolute Gasteiger partial charge is 0.484 e.